The molecule has 0 saturated heterocycles. The Morgan fingerprint density at radius 1 is 1.38 bits per heavy atom. The second-order valence-electron chi connectivity index (χ2n) is 5.18. The first kappa shape index (κ1) is 15.4. The minimum Gasteiger partial charge on any atom is -0.384 e. The second-order valence-corrected chi connectivity index (χ2v) is 5.18. The topological polar surface area (TPSA) is 64.9 Å². The first-order chi connectivity index (χ1) is 10.1. The van der Waals surface area contributed by atoms with E-state index in [-0.39, 0.29) is 5.92 Å². The van der Waals surface area contributed by atoms with Crippen LogP contribution in [0.25, 0.3) is 11.3 Å². The average molecular weight is 289 g/mol. The predicted octanol–water partition coefficient (Wildman–Crippen LogP) is 2.45. The summed E-state index contributed by atoms with van der Waals surface area (Å²) in [7, 11) is 3.59. The number of aromatic nitrogens is 4. The molecule has 0 fully saturated rings. The highest BCUT2D eigenvalue weighted by molar-refractivity contribution is 5.61. The fraction of sp³-hybridized carbons (Fsp3) is 0.533. The van der Waals surface area contributed by atoms with Gasteiger partial charge in [-0.05, 0) is 6.42 Å². The summed E-state index contributed by atoms with van der Waals surface area (Å²) in [6.45, 7) is 5.69. The Bertz CT molecular complexity index is 581. The van der Waals surface area contributed by atoms with Crippen LogP contribution in [0.4, 0.5) is 5.82 Å². The van der Waals surface area contributed by atoms with Gasteiger partial charge in [0.05, 0.1) is 18.5 Å². The molecule has 6 heteroatoms. The van der Waals surface area contributed by atoms with Crippen molar-refractivity contribution in [2.75, 3.05) is 25.6 Å². The number of nitrogens with one attached hydrogen (secondary N) is 1. The van der Waals surface area contributed by atoms with Crippen molar-refractivity contribution in [1.82, 2.24) is 19.7 Å². The van der Waals surface area contributed by atoms with Crippen molar-refractivity contribution in [1.29, 1.82) is 0 Å². The lowest BCUT2D eigenvalue weighted by Gasteiger charge is -2.13. The van der Waals surface area contributed by atoms with E-state index >= 15 is 0 Å². The Morgan fingerprint density at radius 3 is 2.81 bits per heavy atom. The fourth-order valence-corrected chi connectivity index (χ4v) is 2.06. The molecule has 21 heavy (non-hydrogen) atoms. The van der Waals surface area contributed by atoms with Gasteiger partial charge in [0.15, 0.2) is 0 Å². The van der Waals surface area contributed by atoms with Crippen molar-refractivity contribution in [3.8, 4) is 11.3 Å². The molecule has 1 N–H and O–H groups in total. The number of methoxy groups -OCH3 is 1. The van der Waals surface area contributed by atoms with Gasteiger partial charge in [-0.3, -0.25) is 4.68 Å². The van der Waals surface area contributed by atoms with E-state index in [0.717, 1.165) is 35.9 Å². The average Bonchev–Trinajstić information content (AvgIpc) is 2.91. The molecule has 1 atom stereocenters. The molecule has 2 heterocycles. The summed E-state index contributed by atoms with van der Waals surface area (Å²) >= 11 is 0. The quantitative estimate of drug-likeness (QED) is 0.848. The molecule has 2 aromatic rings. The third-order valence-electron chi connectivity index (χ3n) is 3.16. The number of ether oxygens (including phenoxy) is 1. The summed E-state index contributed by atoms with van der Waals surface area (Å²) in [5.74, 6) is 1.79. The van der Waals surface area contributed by atoms with Crippen molar-refractivity contribution >= 4 is 5.82 Å². The van der Waals surface area contributed by atoms with Gasteiger partial charge in [0.2, 0.25) is 0 Å². The standard InChI is InChI=1S/C15H23N5O/c1-5-6-16-14-7-13(12-8-17-20(3)9-12)18-15(19-14)11(2)10-21-4/h7-9,11H,5-6,10H2,1-4H3,(H,16,18,19). The van der Waals surface area contributed by atoms with Crippen LogP contribution in [0.3, 0.4) is 0 Å². The summed E-state index contributed by atoms with van der Waals surface area (Å²) in [5, 5.41) is 7.54. The number of aryl methyl sites for hydroxylation is 1. The van der Waals surface area contributed by atoms with Gasteiger partial charge in [0.25, 0.3) is 0 Å². The molecule has 2 rings (SSSR count). The maximum Gasteiger partial charge on any atom is 0.136 e. The van der Waals surface area contributed by atoms with Gasteiger partial charge in [-0.1, -0.05) is 13.8 Å². The Morgan fingerprint density at radius 2 is 2.19 bits per heavy atom. The Labute approximate surface area is 125 Å². The largest absolute Gasteiger partial charge is 0.384 e. The van der Waals surface area contributed by atoms with E-state index < -0.39 is 0 Å². The van der Waals surface area contributed by atoms with Crippen molar-refractivity contribution in [2.24, 2.45) is 7.05 Å². The van der Waals surface area contributed by atoms with Crippen LogP contribution in [0, 0.1) is 0 Å². The van der Waals surface area contributed by atoms with Crippen molar-refractivity contribution in [2.45, 2.75) is 26.2 Å². The summed E-state index contributed by atoms with van der Waals surface area (Å²) in [4.78, 5) is 9.25. The predicted molar refractivity (Wildman–Crippen MR) is 83.3 cm³/mol. The van der Waals surface area contributed by atoms with Crippen LogP contribution in [0.5, 0.6) is 0 Å². The number of anilines is 1. The van der Waals surface area contributed by atoms with Gasteiger partial charge in [-0.25, -0.2) is 9.97 Å². The fourth-order valence-electron chi connectivity index (χ4n) is 2.06. The van der Waals surface area contributed by atoms with Crippen molar-refractivity contribution < 1.29 is 4.74 Å². The highest BCUT2D eigenvalue weighted by Gasteiger charge is 2.13. The zero-order valence-corrected chi connectivity index (χ0v) is 13.1. The van der Waals surface area contributed by atoms with Gasteiger partial charge >= 0.3 is 0 Å². The molecule has 0 radical (unpaired) electrons. The molecular formula is C15H23N5O. The van der Waals surface area contributed by atoms with E-state index in [4.69, 9.17) is 4.74 Å². The minimum absolute atomic E-state index is 0.147. The maximum atomic E-state index is 5.21. The van der Waals surface area contributed by atoms with Crippen LogP contribution in [0.2, 0.25) is 0 Å². The summed E-state index contributed by atoms with van der Waals surface area (Å²) < 4.78 is 6.98. The van der Waals surface area contributed by atoms with E-state index in [1.54, 1.807) is 11.8 Å². The molecule has 2 aromatic heterocycles. The molecule has 0 saturated carbocycles. The number of nitrogens with zero attached hydrogens (tertiary/aromatic N) is 4. The van der Waals surface area contributed by atoms with Gasteiger partial charge in [0, 0.05) is 44.4 Å². The van der Waals surface area contributed by atoms with Gasteiger partial charge in [0.1, 0.15) is 11.6 Å². The van der Waals surface area contributed by atoms with Crippen LogP contribution < -0.4 is 5.32 Å². The molecular weight excluding hydrogens is 266 g/mol. The SMILES string of the molecule is CCCNc1cc(-c2cnn(C)c2)nc(C(C)COC)n1. The van der Waals surface area contributed by atoms with E-state index in [1.165, 1.54) is 0 Å². The molecule has 0 aromatic carbocycles. The molecule has 0 spiro atoms. The monoisotopic (exact) mass is 289 g/mol. The van der Waals surface area contributed by atoms with Gasteiger partial charge in [-0.15, -0.1) is 0 Å². The Kier molecular flexibility index (Phi) is 5.27. The highest BCUT2D eigenvalue weighted by Crippen LogP contribution is 2.22. The third kappa shape index (κ3) is 4.01. The Balaban J connectivity index is 2.36. The highest BCUT2D eigenvalue weighted by atomic mass is 16.5. The van der Waals surface area contributed by atoms with E-state index in [0.29, 0.717) is 6.61 Å². The van der Waals surface area contributed by atoms with Crippen molar-refractivity contribution in [3.63, 3.8) is 0 Å². The molecule has 114 valence electrons. The number of hydrogen-bond acceptors (Lipinski definition) is 5. The van der Waals surface area contributed by atoms with E-state index in [1.807, 2.05) is 25.5 Å². The van der Waals surface area contributed by atoms with Crippen LogP contribution in [0.15, 0.2) is 18.5 Å². The van der Waals surface area contributed by atoms with Crippen LogP contribution in [-0.2, 0) is 11.8 Å². The smallest absolute Gasteiger partial charge is 0.136 e. The lowest BCUT2D eigenvalue weighted by molar-refractivity contribution is 0.181. The normalized spacial score (nSPS) is 12.4. The third-order valence-corrected chi connectivity index (χ3v) is 3.16. The van der Waals surface area contributed by atoms with Gasteiger partial charge in [-0.2, -0.15) is 5.10 Å². The molecule has 0 amide bonds. The minimum atomic E-state index is 0.147. The molecule has 1 unspecified atom stereocenters. The maximum absolute atomic E-state index is 5.21. The second kappa shape index (κ2) is 7.17. The summed E-state index contributed by atoms with van der Waals surface area (Å²) in [5.41, 5.74) is 1.87. The molecule has 0 aliphatic rings. The number of hydrogen-bond donors (Lipinski definition) is 1. The van der Waals surface area contributed by atoms with Gasteiger partial charge < -0.3 is 10.1 Å². The lowest BCUT2D eigenvalue weighted by Crippen LogP contribution is -2.11. The lowest BCUT2D eigenvalue weighted by atomic mass is 10.1. The summed E-state index contributed by atoms with van der Waals surface area (Å²) in [6.07, 6.45) is 4.82. The zero-order chi connectivity index (χ0) is 15.2. The van der Waals surface area contributed by atoms with E-state index in [9.17, 15) is 0 Å². The van der Waals surface area contributed by atoms with E-state index in [2.05, 4.69) is 34.2 Å². The Hall–Kier alpha value is -1.95. The molecule has 0 bridgehead atoms. The first-order valence-electron chi connectivity index (χ1n) is 7.24. The zero-order valence-electron chi connectivity index (χ0n) is 13.1. The number of rotatable bonds is 7. The first-order valence-corrected chi connectivity index (χ1v) is 7.24. The van der Waals surface area contributed by atoms with Crippen molar-refractivity contribution in [3.05, 3.63) is 24.3 Å². The molecule has 0 aliphatic heterocycles. The van der Waals surface area contributed by atoms with Crippen LogP contribution in [-0.4, -0.2) is 40.0 Å². The molecule has 0 aliphatic carbocycles. The molecule has 6 nitrogen and oxygen atoms in total. The summed E-state index contributed by atoms with van der Waals surface area (Å²) in [6, 6.07) is 1.97. The van der Waals surface area contributed by atoms with Crippen LogP contribution in [0.1, 0.15) is 32.0 Å². The van der Waals surface area contributed by atoms with Crippen LogP contribution >= 0.6 is 0 Å².